The fourth-order valence-electron chi connectivity index (χ4n) is 2.65. The zero-order valence-electron chi connectivity index (χ0n) is 11.4. The predicted octanol–water partition coefficient (Wildman–Crippen LogP) is 3.98. The molecule has 0 amide bonds. The van der Waals surface area contributed by atoms with Crippen LogP contribution < -0.4 is 4.74 Å². The van der Waals surface area contributed by atoms with Crippen molar-refractivity contribution < 1.29 is 14.6 Å². The number of rotatable bonds is 3. The molecule has 0 fully saturated rings. The summed E-state index contributed by atoms with van der Waals surface area (Å²) in [5.74, 6) is -0.661. The second-order valence-corrected chi connectivity index (χ2v) is 6.42. The molecule has 1 aliphatic rings. The molecule has 4 nitrogen and oxygen atoms in total. The SMILES string of the molecule is COc1cccc(Cl)c1-c1nc2c(s1)CCCC2C(=O)O. The summed E-state index contributed by atoms with van der Waals surface area (Å²) in [5, 5.41) is 10.6. The number of benzene rings is 1. The van der Waals surface area contributed by atoms with Crippen LogP contribution in [0, 0.1) is 0 Å². The van der Waals surface area contributed by atoms with Crippen molar-refractivity contribution in [2.24, 2.45) is 0 Å². The molecular formula is C15H14ClNO3S. The minimum atomic E-state index is -0.807. The van der Waals surface area contributed by atoms with Gasteiger partial charge in [0.15, 0.2) is 0 Å². The highest BCUT2D eigenvalue weighted by Crippen LogP contribution is 2.43. The van der Waals surface area contributed by atoms with Crippen LogP contribution in [0.2, 0.25) is 5.02 Å². The van der Waals surface area contributed by atoms with Gasteiger partial charge in [-0.3, -0.25) is 4.79 Å². The molecule has 0 bridgehead atoms. The Labute approximate surface area is 131 Å². The van der Waals surface area contributed by atoms with Crippen molar-refractivity contribution in [2.45, 2.75) is 25.2 Å². The number of hydrogen-bond acceptors (Lipinski definition) is 4. The molecular weight excluding hydrogens is 310 g/mol. The molecule has 0 spiro atoms. The number of hydrogen-bond donors (Lipinski definition) is 1. The Morgan fingerprint density at radius 3 is 3.05 bits per heavy atom. The van der Waals surface area contributed by atoms with E-state index >= 15 is 0 Å². The van der Waals surface area contributed by atoms with E-state index in [9.17, 15) is 9.90 Å². The number of carbonyl (C=O) groups is 1. The third-order valence-electron chi connectivity index (χ3n) is 3.66. The van der Waals surface area contributed by atoms with Gasteiger partial charge in [-0.25, -0.2) is 4.98 Å². The zero-order chi connectivity index (χ0) is 15.0. The van der Waals surface area contributed by atoms with Crippen LogP contribution >= 0.6 is 22.9 Å². The van der Waals surface area contributed by atoms with Crippen molar-refractivity contribution in [1.82, 2.24) is 4.98 Å². The molecule has 1 unspecified atom stereocenters. The molecule has 3 rings (SSSR count). The molecule has 110 valence electrons. The Kier molecular flexibility index (Phi) is 3.87. The number of carboxylic acids is 1. The number of carboxylic acid groups (broad SMARTS) is 1. The molecule has 1 heterocycles. The smallest absolute Gasteiger partial charge is 0.312 e. The maximum atomic E-state index is 11.4. The van der Waals surface area contributed by atoms with Gasteiger partial charge in [0.1, 0.15) is 10.8 Å². The van der Waals surface area contributed by atoms with E-state index in [1.807, 2.05) is 12.1 Å². The average molecular weight is 324 g/mol. The molecule has 0 saturated carbocycles. The van der Waals surface area contributed by atoms with E-state index < -0.39 is 11.9 Å². The summed E-state index contributed by atoms with van der Waals surface area (Å²) in [7, 11) is 1.59. The summed E-state index contributed by atoms with van der Waals surface area (Å²) >= 11 is 7.79. The minimum absolute atomic E-state index is 0.507. The van der Waals surface area contributed by atoms with E-state index in [0.29, 0.717) is 22.9 Å². The second-order valence-electron chi connectivity index (χ2n) is 4.93. The van der Waals surface area contributed by atoms with Gasteiger partial charge in [-0.05, 0) is 31.4 Å². The Morgan fingerprint density at radius 1 is 1.52 bits per heavy atom. The normalized spacial score (nSPS) is 17.3. The van der Waals surface area contributed by atoms with Crippen LogP contribution in [0.5, 0.6) is 5.75 Å². The van der Waals surface area contributed by atoms with E-state index in [4.69, 9.17) is 16.3 Å². The Balaban J connectivity index is 2.12. The number of thiazole rings is 1. The highest BCUT2D eigenvalue weighted by atomic mass is 35.5. The van der Waals surface area contributed by atoms with Gasteiger partial charge >= 0.3 is 5.97 Å². The van der Waals surface area contributed by atoms with Crippen molar-refractivity contribution in [3.05, 3.63) is 33.8 Å². The van der Waals surface area contributed by atoms with Crippen molar-refractivity contribution >= 4 is 28.9 Å². The lowest BCUT2D eigenvalue weighted by molar-refractivity contribution is -0.139. The summed E-state index contributed by atoms with van der Waals surface area (Å²) in [5.41, 5.74) is 1.43. The lowest BCUT2D eigenvalue weighted by atomic mass is 9.91. The predicted molar refractivity (Wildman–Crippen MR) is 82.4 cm³/mol. The van der Waals surface area contributed by atoms with Crippen LogP contribution in [0.4, 0.5) is 0 Å². The summed E-state index contributed by atoms with van der Waals surface area (Å²) in [6.07, 6.45) is 2.40. The molecule has 1 atom stereocenters. The number of ether oxygens (including phenoxy) is 1. The average Bonchev–Trinajstić information content (AvgIpc) is 2.89. The summed E-state index contributed by atoms with van der Waals surface area (Å²) < 4.78 is 5.35. The first kappa shape index (κ1) is 14.4. The van der Waals surface area contributed by atoms with Crippen molar-refractivity contribution in [3.8, 4) is 16.3 Å². The molecule has 2 aromatic rings. The number of aromatic nitrogens is 1. The first-order valence-electron chi connectivity index (χ1n) is 6.67. The maximum absolute atomic E-state index is 11.4. The molecule has 0 aliphatic heterocycles. The third-order valence-corrected chi connectivity index (χ3v) is 5.12. The topological polar surface area (TPSA) is 59.4 Å². The van der Waals surface area contributed by atoms with Gasteiger partial charge < -0.3 is 9.84 Å². The molecule has 0 saturated heterocycles. The largest absolute Gasteiger partial charge is 0.496 e. The van der Waals surface area contributed by atoms with Gasteiger partial charge in [0, 0.05) is 4.88 Å². The number of aliphatic carboxylic acids is 1. The fraction of sp³-hybridized carbons (Fsp3) is 0.333. The van der Waals surface area contributed by atoms with Crippen molar-refractivity contribution in [3.63, 3.8) is 0 Å². The number of methoxy groups -OCH3 is 1. The highest BCUT2D eigenvalue weighted by molar-refractivity contribution is 7.15. The molecule has 1 aromatic heterocycles. The van der Waals surface area contributed by atoms with Gasteiger partial charge in [-0.1, -0.05) is 17.7 Å². The Morgan fingerprint density at radius 2 is 2.33 bits per heavy atom. The quantitative estimate of drug-likeness (QED) is 0.928. The first-order valence-corrected chi connectivity index (χ1v) is 7.86. The standard InChI is InChI=1S/C15H14ClNO3S/c1-20-10-6-3-5-9(16)12(10)14-17-13-8(15(18)19)4-2-7-11(13)21-14/h3,5-6,8H,2,4,7H2,1H3,(H,18,19). The van der Waals surface area contributed by atoms with Crippen molar-refractivity contribution in [2.75, 3.05) is 7.11 Å². The highest BCUT2D eigenvalue weighted by Gasteiger charge is 2.31. The van der Waals surface area contributed by atoms with Crippen LogP contribution in [0.3, 0.4) is 0 Å². The molecule has 1 N–H and O–H groups in total. The first-order chi connectivity index (χ1) is 10.1. The van der Waals surface area contributed by atoms with Gasteiger partial charge in [-0.2, -0.15) is 0 Å². The number of nitrogens with zero attached hydrogens (tertiary/aromatic N) is 1. The lowest BCUT2D eigenvalue weighted by Gasteiger charge is -2.16. The number of halogens is 1. The summed E-state index contributed by atoms with van der Waals surface area (Å²) in [6.45, 7) is 0. The molecule has 1 aliphatic carbocycles. The number of fused-ring (bicyclic) bond motifs is 1. The monoisotopic (exact) mass is 323 g/mol. The minimum Gasteiger partial charge on any atom is -0.496 e. The Bertz CT molecular complexity index is 698. The molecule has 0 radical (unpaired) electrons. The van der Waals surface area contributed by atoms with Gasteiger partial charge in [0.05, 0.1) is 29.3 Å². The van der Waals surface area contributed by atoms with E-state index in [-0.39, 0.29) is 0 Å². The fourth-order valence-corrected chi connectivity index (χ4v) is 4.19. The van der Waals surface area contributed by atoms with E-state index in [0.717, 1.165) is 28.3 Å². The summed E-state index contributed by atoms with van der Waals surface area (Å²) in [6, 6.07) is 5.43. The van der Waals surface area contributed by atoms with Crippen LogP contribution in [-0.2, 0) is 11.2 Å². The number of aryl methyl sites for hydroxylation is 1. The maximum Gasteiger partial charge on any atom is 0.312 e. The van der Waals surface area contributed by atoms with Crippen LogP contribution in [0.1, 0.15) is 29.3 Å². The molecule has 21 heavy (non-hydrogen) atoms. The van der Waals surface area contributed by atoms with Gasteiger partial charge in [-0.15, -0.1) is 11.3 Å². The van der Waals surface area contributed by atoms with Gasteiger partial charge in [0.2, 0.25) is 0 Å². The van der Waals surface area contributed by atoms with Crippen molar-refractivity contribution in [1.29, 1.82) is 0 Å². The van der Waals surface area contributed by atoms with Crippen LogP contribution in [0.15, 0.2) is 18.2 Å². The second kappa shape index (κ2) is 5.66. The molecule has 6 heteroatoms. The Hall–Kier alpha value is -1.59. The lowest BCUT2D eigenvalue weighted by Crippen LogP contribution is -2.17. The zero-order valence-corrected chi connectivity index (χ0v) is 13.0. The van der Waals surface area contributed by atoms with Crippen LogP contribution in [0.25, 0.3) is 10.6 Å². The summed E-state index contributed by atoms with van der Waals surface area (Å²) in [4.78, 5) is 17.0. The van der Waals surface area contributed by atoms with Crippen LogP contribution in [-0.4, -0.2) is 23.2 Å². The van der Waals surface area contributed by atoms with E-state index in [1.54, 1.807) is 13.2 Å². The molecule has 1 aromatic carbocycles. The third kappa shape index (κ3) is 2.51. The van der Waals surface area contributed by atoms with E-state index in [2.05, 4.69) is 4.98 Å². The van der Waals surface area contributed by atoms with E-state index in [1.165, 1.54) is 11.3 Å². The van der Waals surface area contributed by atoms with Gasteiger partial charge in [0.25, 0.3) is 0 Å².